The maximum atomic E-state index is 15.3. The summed E-state index contributed by atoms with van der Waals surface area (Å²) >= 11 is 6.19. The van der Waals surface area contributed by atoms with Crippen molar-refractivity contribution in [1.82, 2.24) is 9.29 Å². The molecule has 2 aromatic rings. The molecule has 0 radical (unpaired) electrons. The molecule has 0 bridgehead atoms. The number of urea groups is 1. The van der Waals surface area contributed by atoms with E-state index in [0.29, 0.717) is 56.2 Å². The summed E-state index contributed by atoms with van der Waals surface area (Å²) < 4.78 is 45.6. The van der Waals surface area contributed by atoms with Crippen molar-refractivity contribution >= 4 is 52.0 Å². The third-order valence-corrected chi connectivity index (χ3v) is 9.45. The van der Waals surface area contributed by atoms with E-state index in [-0.39, 0.29) is 22.6 Å². The predicted octanol–water partition coefficient (Wildman–Crippen LogP) is 3.72. The maximum absolute atomic E-state index is 15.3. The van der Waals surface area contributed by atoms with Gasteiger partial charge in [0, 0.05) is 56.3 Å². The molecular weight excluding hydrogens is 602 g/mol. The van der Waals surface area contributed by atoms with Gasteiger partial charge in [0.1, 0.15) is 22.0 Å². The SMILES string of the molecule is NC(=O)N=C(N)N.O=C1CCCN1c1ccc(S(=O)N2CCN(c3cc(C(F)(F)C4CCCCC4)cc(Cl)n3)CC2)cc1. The van der Waals surface area contributed by atoms with E-state index in [2.05, 4.69) is 15.7 Å². The zero-order chi connectivity index (χ0) is 31.1. The van der Waals surface area contributed by atoms with Gasteiger partial charge in [-0.15, -0.1) is 0 Å². The third kappa shape index (κ3) is 8.39. The molecule has 2 aliphatic heterocycles. The molecule has 15 heteroatoms. The van der Waals surface area contributed by atoms with Crippen molar-refractivity contribution in [3.63, 3.8) is 0 Å². The minimum atomic E-state index is -2.93. The number of hydrogen-bond donors (Lipinski definition) is 3. The Hall–Kier alpha value is -3.36. The Kier molecular flexibility index (Phi) is 10.9. The van der Waals surface area contributed by atoms with Gasteiger partial charge in [0.2, 0.25) is 5.91 Å². The van der Waals surface area contributed by atoms with Crippen LogP contribution in [-0.2, 0) is 21.7 Å². The molecule has 3 fully saturated rings. The summed E-state index contributed by atoms with van der Waals surface area (Å²) in [5, 5.41) is 0.0700. The Morgan fingerprint density at radius 1 is 0.977 bits per heavy atom. The van der Waals surface area contributed by atoms with Crippen molar-refractivity contribution in [2.24, 2.45) is 28.1 Å². The fraction of sp³-hybridized carbons (Fsp3) is 0.500. The van der Waals surface area contributed by atoms with E-state index in [1.165, 1.54) is 12.1 Å². The molecule has 1 aromatic carbocycles. The molecule has 43 heavy (non-hydrogen) atoms. The van der Waals surface area contributed by atoms with Gasteiger partial charge in [-0.1, -0.05) is 30.9 Å². The van der Waals surface area contributed by atoms with Crippen LogP contribution < -0.4 is 27.0 Å². The number of carbonyl (C=O) groups excluding carboxylic acids is 2. The molecule has 1 aliphatic carbocycles. The summed E-state index contributed by atoms with van der Waals surface area (Å²) in [5.74, 6) is -3.34. The molecule has 1 unspecified atom stereocenters. The summed E-state index contributed by atoms with van der Waals surface area (Å²) in [6.07, 6.45) is 5.18. The second kappa shape index (κ2) is 14.4. The van der Waals surface area contributed by atoms with E-state index in [1.807, 2.05) is 33.5 Å². The molecule has 3 amide bonds. The molecule has 6 N–H and O–H groups in total. The van der Waals surface area contributed by atoms with Crippen LogP contribution in [0.25, 0.3) is 0 Å². The average Bonchev–Trinajstić information content (AvgIpc) is 3.42. The maximum Gasteiger partial charge on any atom is 0.341 e. The van der Waals surface area contributed by atoms with Crippen LogP contribution in [0.2, 0.25) is 5.15 Å². The number of guanidine groups is 1. The monoisotopic (exact) mass is 638 g/mol. The molecule has 1 atom stereocenters. The fourth-order valence-corrected chi connectivity index (χ4v) is 6.93. The van der Waals surface area contributed by atoms with E-state index >= 15 is 8.78 Å². The number of nitrogens with zero attached hydrogens (tertiary/aromatic N) is 5. The van der Waals surface area contributed by atoms with Gasteiger partial charge in [-0.05, 0) is 55.7 Å². The number of rotatable bonds is 6. The Labute approximate surface area is 257 Å². The van der Waals surface area contributed by atoms with E-state index in [0.717, 1.165) is 37.9 Å². The van der Waals surface area contributed by atoms with Gasteiger partial charge in [-0.2, -0.15) is 4.99 Å². The molecular formula is C28H37ClF2N8O3S. The number of aromatic nitrogens is 1. The Balaban J connectivity index is 0.000000541. The number of carbonyl (C=O) groups is 2. The highest BCUT2D eigenvalue weighted by Gasteiger charge is 2.42. The molecule has 3 heterocycles. The minimum absolute atomic E-state index is 0.0630. The van der Waals surface area contributed by atoms with Crippen molar-refractivity contribution in [2.75, 3.05) is 42.5 Å². The number of halogens is 3. The van der Waals surface area contributed by atoms with Crippen LogP contribution in [0.4, 0.5) is 25.1 Å². The van der Waals surface area contributed by atoms with Crippen molar-refractivity contribution in [3.05, 3.63) is 47.1 Å². The minimum Gasteiger partial charge on any atom is -0.370 e. The fourth-order valence-electron chi connectivity index (χ4n) is 5.56. The summed E-state index contributed by atoms with van der Waals surface area (Å²) in [4.78, 5) is 33.2. The lowest BCUT2D eigenvalue weighted by Gasteiger charge is -2.35. The number of alkyl halides is 2. The van der Waals surface area contributed by atoms with Crippen LogP contribution in [0.15, 0.2) is 46.3 Å². The van der Waals surface area contributed by atoms with Gasteiger partial charge >= 0.3 is 6.03 Å². The number of aliphatic imine (C=N–C) groups is 1. The van der Waals surface area contributed by atoms with Crippen LogP contribution in [0, 0.1) is 5.92 Å². The molecule has 1 saturated carbocycles. The summed E-state index contributed by atoms with van der Waals surface area (Å²) in [6, 6.07) is 9.20. The Morgan fingerprint density at radius 2 is 1.63 bits per heavy atom. The van der Waals surface area contributed by atoms with E-state index in [1.54, 1.807) is 4.90 Å². The van der Waals surface area contributed by atoms with E-state index in [9.17, 15) is 13.8 Å². The van der Waals surface area contributed by atoms with Gasteiger partial charge in [-0.25, -0.2) is 27.1 Å². The van der Waals surface area contributed by atoms with Gasteiger partial charge in [0.25, 0.3) is 5.92 Å². The van der Waals surface area contributed by atoms with E-state index in [4.69, 9.17) is 23.1 Å². The standard InChI is InChI=1S/C26H31ClF2N4O2S.C2H6N4O/c27-23-17-20(26(28,29)19-5-2-1-3-6-19)18-24(30-23)31-13-15-32(16-14-31)36(35)22-10-8-21(9-11-22)33-12-4-7-25(33)34;3-1(4)6-2(5)7/h8-11,17-19H,1-7,12-16H2;(H6,3,4,5,6,7). The normalized spacial score (nSPS) is 19.0. The number of piperazine rings is 1. The number of benzene rings is 1. The topological polar surface area (TPSA) is 164 Å². The first-order valence-electron chi connectivity index (χ1n) is 14.2. The molecule has 5 rings (SSSR count). The van der Waals surface area contributed by atoms with Gasteiger partial charge in [0.15, 0.2) is 5.96 Å². The van der Waals surface area contributed by atoms with Crippen LogP contribution >= 0.6 is 11.6 Å². The highest BCUT2D eigenvalue weighted by atomic mass is 35.5. The van der Waals surface area contributed by atoms with Crippen molar-refractivity contribution < 1.29 is 22.6 Å². The molecule has 0 spiro atoms. The molecule has 1 aromatic heterocycles. The number of primary amides is 1. The number of hydrogen-bond acceptors (Lipinski definition) is 5. The first-order chi connectivity index (χ1) is 20.5. The largest absolute Gasteiger partial charge is 0.370 e. The zero-order valence-corrected chi connectivity index (χ0v) is 25.3. The van der Waals surface area contributed by atoms with Gasteiger partial charge < -0.3 is 27.0 Å². The zero-order valence-electron chi connectivity index (χ0n) is 23.8. The highest BCUT2D eigenvalue weighted by molar-refractivity contribution is 7.82. The van der Waals surface area contributed by atoms with Crippen LogP contribution in [-0.4, -0.2) is 64.1 Å². The second-order valence-corrected chi connectivity index (χ2v) is 12.6. The van der Waals surface area contributed by atoms with Gasteiger partial charge in [-0.3, -0.25) is 4.79 Å². The average molecular weight is 639 g/mol. The molecule has 234 valence electrons. The predicted molar refractivity (Wildman–Crippen MR) is 163 cm³/mol. The van der Waals surface area contributed by atoms with Crippen LogP contribution in [0.1, 0.15) is 50.5 Å². The first-order valence-corrected chi connectivity index (χ1v) is 15.7. The smallest absolute Gasteiger partial charge is 0.341 e. The number of anilines is 2. The van der Waals surface area contributed by atoms with Crippen LogP contribution in [0.3, 0.4) is 0 Å². The Morgan fingerprint density at radius 3 is 2.16 bits per heavy atom. The highest BCUT2D eigenvalue weighted by Crippen LogP contribution is 2.44. The number of nitrogens with two attached hydrogens (primary N) is 3. The van der Waals surface area contributed by atoms with Crippen molar-refractivity contribution in [1.29, 1.82) is 0 Å². The summed E-state index contributed by atoms with van der Waals surface area (Å²) in [6.45, 7) is 2.74. The molecule has 2 saturated heterocycles. The van der Waals surface area contributed by atoms with Crippen molar-refractivity contribution in [3.8, 4) is 0 Å². The quantitative estimate of drug-likeness (QED) is 0.246. The van der Waals surface area contributed by atoms with Gasteiger partial charge in [0.05, 0.1) is 4.90 Å². The lowest BCUT2D eigenvalue weighted by Crippen LogP contribution is -2.47. The lowest BCUT2D eigenvalue weighted by molar-refractivity contribution is -0.117. The van der Waals surface area contributed by atoms with Crippen LogP contribution in [0.5, 0.6) is 0 Å². The first kappa shape index (κ1) is 32.6. The number of amides is 3. The molecule has 11 nitrogen and oxygen atoms in total. The second-order valence-electron chi connectivity index (χ2n) is 10.7. The summed E-state index contributed by atoms with van der Waals surface area (Å²) in [5.41, 5.74) is 14.7. The van der Waals surface area contributed by atoms with Crippen molar-refractivity contribution in [2.45, 2.75) is 55.8 Å². The number of pyridine rings is 1. The Bertz CT molecular complexity index is 1350. The molecule has 3 aliphatic rings. The third-order valence-electron chi connectivity index (χ3n) is 7.74. The lowest BCUT2D eigenvalue weighted by atomic mass is 9.82. The summed E-state index contributed by atoms with van der Waals surface area (Å²) in [7, 11) is -1.35. The van der Waals surface area contributed by atoms with E-state index < -0.39 is 28.9 Å².